The Hall–Kier alpha value is -3.60. The van der Waals surface area contributed by atoms with Gasteiger partial charge in [0.2, 0.25) is 5.91 Å². The van der Waals surface area contributed by atoms with Gasteiger partial charge in [-0.05, 0) is 49.7 Å². The van der Waals surface area contributed by atoms with Crippen LogP contribution in [0.1, 0.15) is 18.3 Å². The molecule has 1 amide bonds. The van der Waals surface area contributed by atoms with Crippen LogP contribution in [0.2, 0.25) is 0 Å². The van der Waals surface area contributed by atoms with Crippen LogP contribution < -0.4 is 14.8 Å². The van der Waals surface area contributed by atoms with Gasteiger partial charge in [-0.3, -0.25) is 14.9 Å². The van der Waals surface area contributed by atoms with Gasteiger partial charge >= 0.3 is 0 Å². The van der Waals surface area contributed by atoms with E-state index in [2.05, 4.69) is 15.5 Å². The lowest BCUT2D eigenvalue weighted by molar-refractivity contribution is -0.384. The summed E-state index contributed by atoms with van der Waals surface area (Å²) in [5, 5.41) is 22.6. The number of nitrogens with one attached hydrogen (secondary N) is 1. The van der Waals surface area contributed by atoms with Crippen LogP contribution >= 0.6 is 11.8 Å². The topological polar surface area (TPSA) is 121 Å². The maximum absolute atomic E-state index is 12.4. The molecule has 168 valence electrons. The molecule has 3 rings (SSSR count). The highest BCUT2D eigenvalue weighted by Gasteiger charge is 2.15. The number of carbonyl (C=O) groups is 1. The van der Waals surface area contributed by atoms with Crippen molar-refractivity contribution in [1.82, 2.24) is 14.8 Å². The van der Waals surface area contributed by atoms with Crippen molar-refractivity contribution in [2.24, 2.45) is 0 Å². The van der Waals surface area contributed by atoms with Gasteiger partial charge in [0.15, 0.2) is 11.0 Å². The predicted octanol–water partition coefficient (Wildman–Crippen LogP) is 3.83. The first-order valence-corrected chi connectivity index (χ1v) is 10.8. The number of hydrogen-bond donors (Lipinski definition) is 1. The second-order valence-electron chi connectivity index (χ2n) is 6.70. The number of nitrogens with zero attached hydrogens (tertiary/aromatic N) is 4. The summed E-state index contributed by atoms with van der Waals surface area (Å²) in [6.07, 6.45) is 0. The third kappa shape index (κ3) is 5.76. The van der Waals surface area contributed by atoms with E-state index in [1.54, 1.807) is 14.0 Å². The molecule has 3 aromatic rings. The monoisotopic (exact) mass is 457 g/mol. The SMILES string of the molecule is CCn1c(COc2ccc(OC)cc2)nnc1SCC(=O)Nc1ccc([N+](=O)[O-])cc1C. The smallest absolute Gasteiger partial charge is 0.269 e. The van der Waals surface area contributed by atoms with E-state index in [4.69, 9.17) is 9.47 Å². The molecule has 0 aliphatic rings. The summed E-state index contributed by atoms with van der Waals surface area (Å²) in [6, 6.07) is 11.6. The van der Waals surface area contributed by atoms with Crippen molar-refractivity contribution in [3.05, 3.63) is 64.0 Å². The Morgan fingerprint density at radius 2 is 1.91 bits per heavy atom. The predicted molar refractivity (Wildman–Crippen MR) is 120 cm³/mol. The average molecular weight is 458 g/mol. The second kappa shape index (κ2) is 10.6. The van der Waals surface area contributed by atoms with Crippen LogP contribution in [0.4, 0.5) is 11.4 Å². The van der Waals surface area contributed by atoms with Crippen LogP contribution in [0, 0.1) is 17.0 Å². The summed E-state index contributed by atoms with van der Waals surface area (Å²) >= 11 is 1.26. The number of rotatable bonds is 10. The third-order valence-corrected chi connectivity index (χ3v) is 5.53. The van der Waals surface area contributed by atoms with E-state index in [1.807, 2.05) is 35.8 Å². The number of thioether (sulfide) groups is 1. The quantitative estimate of drug-likeness (QED) is 0.277. The van der Waals surface area contributed by atoms with E-state index >= 15 is 0 Å². The number of methoxy groups -OCH3 is 1. The summed E-state index contributed by atoms with van der Waals surface area (Å²) in [5.74, 6) is 1.96. The van der Waals surface area contributed by atoms with E-state index < -0.39 is 4.92 Å². The molecule has 2 aromatic carbocycles. The van der Waals surface area contributed by atoms with Crippen molar-refractivity contribution in [2.75, 3.05) is 18.2 Å². The van der Waals surface area contributed by atoms with Crippen molar-refractivity contribution < 1.29 is 19.2 Å². The highest BCUT2D eigenvalue weighted by Crippen LogP contribution is 2.23. The second-order valence-corrected chi connectivity index (χ2v) is 7.64. The number of nitro groups is 1. The zero-order chi connectivity index (χ0) is 23.1. The van der Waals surface area contributed by atoms with Gasteiger partial charge in [0.1, 0.15) is 18.1 Å². The molecule has 0 saturated heterocycles. The molecule has 1 N–H and O–H groups in total. The molecule has 10 nitrogen and oxygen atoms in total. The largest absolute Gasteiger partial charge is 0.497 e. The maximum atomic E-state index is 12.4. The van der Waals surface area contributed by atoms with Gasteiger partial charge < -0.3 is 19.4 Å². The highest BCUT2D eigenvalue weighted by molar-refractivity contribution is 7.99. The number of anilines is 1. The van der Waals surface area contributed by atoms with E-state index in [9.17, 15) is 14.9 Å². The van der Waals surface area contributed by atoms with Crippen molar-refractivity contribution in [3.63, 3.8) is 0 Å². The van der Waals surface area contributed by atoms with E-state index in [0.717, 1.165) is 5.75 Å². The zero-order valence-corrected chi connectivity index (χ0v) is 18.7. The summed E-state index contributed by atoms with van der Waals surface area (Å²) in [6.45, 7) is 4.53. The Balaban J connectivity index is 1.57. The molecule has 1 heterocycles. The van der Waals surface area contributed by atoms with Gasteiger partial charge in [0, 0.05) is 24.4 Å². The summed E-state index contributed by atoms with van der Waals surface area (Å²) < 4.78 is 12.8. The summed E-state index contributed by atoms with van der Waals surface area (Å²) in [7, 11) is 1.60. The number of ether oxygens (including phenoxy) is 2. The fraction of sp³-hybridized carbons (Fsp3) is 0.286. The molecule has 0 unspecified atom stereocenters. The van der Waals surface area contributed by atoms with Crippen LogP contribution in [0.15, 0.2) is 47.6 Å². The van der Waals surface area contributed by atoms with E-state index in [1.165, 1.54) is 30.0 Å². The molecule has 0 atom stereocenters. The Labute approximate surface area is 189 Å². The molecule has 32 heavy (non-hydrogen) atoms. The van der Waals surface area contributed by atoms with Crippen molar-refractivity contribution in [1.29, 1.82) is 0 Å². The maximum Gasteiger partial charge on any atom is 0.269 e. The minimum atomic E-state index is -0.470. The van der Waals surface area contributed by atoms with Gasteiger partial charge in [0.05, 0.1) is 17.8 Å². The van der Waals surface area contributed by atoms with Gasteiger partial charge in [0.25, 0.3) is 5.69 Å². The standard InChI is InChI=1S/C21H23N5O5S/c1-4-25-19(12-31-17-8-6-16(30-3)7-9-17)23-24-21(25)32-13-20(27)22-18-10-5-15(26(28)29)11-14(18)2/h5-11H,4,12-13H2,1-3H3,(H,22,27). The van der Waals surface area contributed by atoms with Crippen LogP contribution in [0.3, 0.4) is 0 Å². The molecule has 0 radical (unpaired) electrons. The Bertz CT molecular complexity index is 1100. The first-order chi connectivity index (χ1) is 15.4. The molecule has 0 bridgehead atoms. The highest BCUT2D eigenvalue weighted by atomic mass is 32.2. The van der Waals surface area contributed by atoms with Gasteiger partial charge in [-0.1, -0.05) is 11.8 Å². The zero-order valence-electron chi connectivity index (χ0n) is 17.9. The lowest BCUT2D eigenvalue weighted by atomic mass is 10.2. The normalized spacial score (nSPS) is 10.6. The molecule has 0 aliphatic heterocycles. The first kappa shape index (κ1) is 23.1. The molecule has 1 aromatic heterocycles. The lowest BCUT2D eigenvalue weighted by Gasteiger charge is -2.10. The molecule has 0 fully saturated rings. The molecule has 0 aliphatic carbocycles. The van der Waals surface area contributed by atoms with Crippen molar-refractivity contribution in [2.45, 2.75) is 32.2 Å². The minimum Gasteiger partial charge on any atom is -0.497 e. The average Bonchev–Trinajstić information content (AvgIpc) is 3.19. The molecule has 11 heteroatoms. The van der Waals surface area contributed by atoms with Gasteiger partial charge in [-0.2, -0.15) is 0 Å². The summed E-state index contributed by atoms with van der Waals surface area (Å²) in [4.78, 5) is 22.7. The number of hydrogen-bond acceptors (Lipinski definition) is 8. The Morgan fingerprint density at radius 1 is 1.19 bits per heavy atom. The van der Waals surface area contributed by atoms with E-state index in [-0.39, 0.29) is 24.0 Å². The van der Waals surface area contributed by atoms with Crippen LogP contribution in [-0.2, 0) is 17.9 Å². The molecule has 0 spiro atoms. The summed E-state index contributed by atoms with van der Waals surface area (Å²) in [5.41, 5.74) is 1.13. The number of aromatic nitrogens is 3. The first-order valence-electron chi connectivity index (χ1n) is 9.78. The lowest BCUT2D eigenvalue weighted by Crippen LogP contribution is -2.15. The number of nitro benzene ring substituents is 1. The van der Waals surface area contributed by atoms with Crippen LogP contribution in [-0.4, -0.2) is 38.5 Å². The third-order valence-electron chi connectivity index (χ3n) is 4.56. The van der Waals surface area contributed by atoms with Crippen LogP contribution in [0.5, 0.6) is 11.5 Å². The molecular weight excluding hydrogens is 434 g/mol. The Kier molecular flexibility index (Phi) is 7.66. The van der Waals surface area contributed by atoms with Crippen molar-refractivity contribution >= 4 is 29.0 Å². The van der Waals surface area contributed by atoms with Crippen molar-refractivity contribution in [3.8, 4) is 11.5 Å². The van der Waals surface area contributed by atoms with Gasteiger partial charge in [-0.25, -0.2) is 0 Å². The fourth-order valence-electron chi connectivity index (χ4n) is 2.89. The number of non-ortho nitro benzene ring substituents is 1. The number of carbonyl (C=O) groups excluding carboxylic acids is 1. The minimum absolute atomic E-state index is 0.0182. The molecular formula is C21H23N5O5S. The Morgan fingerprint density at radius 3 is 2.53 bits per heavy atom. The number of amides is 1. The number of benzene rings is 2. The number of aryl methyl sites for hydroxylation is 1. The van der Waals surface area contributed by atoms with Gasteiger partial charge in [-0.15, -0.1) is 10.2 Å². The molecule has 0 saturated carbocycles. The van der Waals surface area contributed by atoms with E-state index in [0.29, 0.717) is 34.5 Å². The fourth-order valence-corrected chi connectivity index (χ4v) is 3.71. The van der Waals surface area contributed by atoms with Crippen LogP contribution in [0.25, 0.3) is 0 Å².